The molecular weight excluding hydrogens is 977 g/mol. The van der Waals surface area contributed by atoms with Crippen molar-refractivity contribution in [3.8, 4) is 21.8 Å². The van der Waals surface area contributed by atoms with Crippen molar-refractivity contribution in [3.05, 3.63) is 101 Å². The van der Waals surface area contributed by atoms with Crippen molar-refractivity contribution in [1.82, 2.24) is 55.0 Å². The molecule has 0 bridgehead atoms. The molecule has 5 heterocycles. The Kier molecular flexibility index (Phi) is 17.2. The zero-order valence-corrected chi connectivity index (χ0v) is 46.2. The van der Waals surface area contributed by atoms with Crippen molar-refractivity contribution in [2.75, 3.05) is 30.8 Å². The number of sulfone groups is 1. The van der Waals surface area contributed by atoms with Crippen LogP contribution >= 0.6 is 11.3 Å². The van der Waals surface area contributed by atoms with E-state index in [1.807, 2.05) is 90.5 Å². The van der Waals surface area contributed by atoms with E-state index >= 15 is 0 Å². The number of carbonyl (C=O) groups excluding carboxylic acids is 3. The molecule has 7 rings (SSSR count). The minimum atomic E-state index is -3.64. The number of likely N-dealkylation sites (tertiary alicyclic amines) is 1. The zero-order valence-electron chi connectivity index (χ0n) is 44.6. The molecule has 0 spiro atoms. The molecule has 18 nitrogen and oxygen atoms in total. The number of amides is 3. The highest BCUT2D eigenvalue weighted by Crippen LogP contribution is 2.38. The first-order valence-corrected chi connectivity index (χ1v) is 27.7. The first-order chi connectivity index (χ1) is 34.9. The van der Waals surface area contributed by atoms with Crippen LogP contribution in [0.2, 0.25) is 0 Å². The van der Waals surface area contributed by atoms with Gasteiger partial charge < -0.3 is 30.2 Å². The lowest BCUT2D eigenvalue weighted by molar-refractivity contribution is -0.144. The molecule has 0 saturated carbocycles. The second kappa shape index (κ2) is 23.0. The number of carbonyl (C=O) groups is 3. The SMILES string of the molecule is Cc1ncsc1-c1ccc(CNC(=O)[C@@H]2CCCN2C(=O)C(NC(=O)COCCn2cc(CC(C)(C)CC(C)(C)CS(=O)(=O)c3ccc(Nc4nccc(-c5cnc(C)n5C(C)C)n4)cc3)nn2)C(C)(C)C)cc1. The molecule has 1 aliphatic rings. The molecule has 1 unspecified atom stereocenters. The molecule has 3 amide bonds. The summed E-state index contributed by atoms with van der Waals surface area (Å²) in [7, 11) is -3.64. The number of ether oxygens (including phenoxy) is 1. The molecule has 6 aromatic rings. The number of nitrogens with zero attached hydrogens (tertiary/aromatic N) is 9. The smallest absolute Gasteiger partial charge is 0.246 e. The predicted octanol–water partition coefficient (Wildman–Crippen LogP) is 8.31. The molecule has 1 aliphatic heterocycles. The topological polar surface area (TPSA) is 221 Å². The number of imidazole rings is 1. The van der Waals surface area contributed by atoms with Crippen LogP contribution < -0.4 is 16.0 Å². The molecule has 74 heavy (non-hydrogen) atoms. The van der Waals surface area contributed by atoms with Gasteiger partial charge in [0, 0.05) is 37.2 Å². The van der Waals surface area contributed by atoms with E-state index in [1.54, 1.807) is 57.6 Å². The van der Waals surface area contributed by atoms with Crippen molar-refractivity contribution in [2.45, 2.75) is 138 Å². The molecule has 3 N–H and O–H groups in total. The largest absolute Gasteiger partial charge is 0.370 e. The Bertz CT molecular complexity index is 3010. The number of benzene rings is 2. The van der Waals surface area contributed by atoms with Gasteiger partial charge in [0.1, 0.15) is 24.5 Å². The van der Waals surface area contributed by atoms with Gasteiger partial charge in [-0.15, -0.1) is 16.4 Å². The summed E-state index contributed by atoms with van der Waals surface area (Å²) in [4.78, 5) is 61.6. The monoisotopic (exact) mass is 1050 g/mol. The molecule has 0 radical (unpaired) electrons. The number of aromatic nitrogens is 8. The maximum atomic E-state index is 14.1. The fourth-order valence-electron chi connectivity index (χ4n) is 10.1. The van der Waals surface area contributed by atoms with E-state index in [1.165, 1.54) is 0 Å². The van der Waals surface area contributed by atoms with Gasteiger partial charge in [-0.2, -0.15) is 0 Å². The minimum absolute atomic E-state index is 0.0475. The van der Waals surface area contributed by atoms with E-state index in [-0.39, 0.29) is 47.1 Å². The Hall–Kier alpha value is -6.38. The Morgan fingerprint density at radius 2 is 1.65 bits per heavy atom. The van der Waals surface area contributed by atoms with E-state index in [0.29, 0.717) is 57.0 Å². The number of anilines is 2. The maximum absolute atomic E-state index is 14.1. The molecular formula is C54H72N12O6S2. The van der Waals surface area contributed by atoms with Crippen molar-refractivity contribution in [2.24, 2.45) is 16.2 Å². The third-order valence-electron chi connectivity index (χ3n) is 13.1. The normalized spacial score (nSPS) is 14.9. The van der Waals surface area contributed by atoms with E-state index in [9.17, 15) is 22.8 Å². The van der Waals surface area contributed by atoms with Crippen LogP contribution in [0, 0.1) is 30.1 Å². The van der Waals surface area contributed by atoms with Gasteiger partial charge in [0.2, 0.25) is 23.7 Å². The summed E-state index contributed by atoms with van der Waals surface area (Å²) in [6, 6.07) is 15.2. The second-order valence-electron chi connectivity index (χ2n) is 22.3. The Morgan fingerprint density at radius 1 is 0.919 bits per heavy atom. The second-order valence-corrected chi connectivity index (χ2v) is 25.1. The van der Waals surface area contributed by atoms with Crippen molar-refractivity contribution in [3.63, 3.8) is 0 Å². The molecule has 0 aliphatic carbocycles. The molecule has 1 saturated heterocycles. The van der Waals surface area contributed by atoms with Gasteiger partial charge in [-0.05, 0) is 111 Å². The third kappa shape index (κ3) is 14.3. The van der Waals surface area contributed by atoms with Gasteiger partial charge in [-0.3, -0.25) is 14.4 Å². The predicted molar refractivity (Wildman–Crippen MR) is 287 cm³/mol. The van der Waals surface area contributed by atoms with Gasteiger partial charge in [0.15, 0.2) is 9.84 Å². The Labute approximate surface area is 439 Å². The highest BCUT2D eigenvalue weighted by Gasteiger charge is 2.42. The van der Waals surface area contributed by atoms with Crippen molar-refractivity contribution in [1.29, 1.82) is 0 Å². The molecule has 20 heteroatoms. The lowest BCUT2D eigenvalue weighted by Crippen LogP contribution is -2.58. The van der Waals surface area contributed by atoms with E-state index in [0.717, 1.165) is 44.6 Å². The van der Waals surface area contributed by atoms with E-state index in [2.05, 4.69) is 73.5 Å². The fraction of sp³-hybridized carbons (Fsp3) is 0.500. The summed E-state index contributed by atoms with van der Waals surface area (Å²) < 4.78 is 37.1. The fourth-order valence-corrected chi connectivity index (χ4v) is 12.7. The average Bonchev–Trinajstić information content (AvgIpc) is 4.16. The van der Waals surface area contributed by atoms with Crippen LogP contribution in [0.3, 0.4) is 0 Å². The van der Waals surface area contributed by atoms with E-state index in [4.69, 9.17) is 9.72 Å². The number of thiazole rings is 1. The summed E-state index contributed by atoms with van der Waals surface area (Å²) in [5.74, 6) is 0.276. The van der Waals surface area contributed by atoms with Gasteiger partial charge in [-0.25, -0.2) is 33.0 Å². The minimum Gasteiger partial charge on any atom is -0.370 e. The van der Waals surface area contributed by atoms with Gasteiger partial charge in [0.25, 0.3) is 0 Å². The van der Waals surface area contributed by atoms with Crippen LogP contribution in [-0.4, -0.2) is 108 Å². The van der Waals surface area contributed by atoms with Crippen LogP contribution in [0.25, 0.3) is 21.8 Å². The number of nitrogens with one attached hydrogen (secondary N) is 3. The third-order valence-corrected chi connectivity index (χ3v) is 16.2. The molecule has 2 aromatic carbocycles. The molecule has 396 valence electrons. The molecule has 4 aromatic heterocycles. The molecule has 2 atom stereocenters. The summed E-state index contributed by atoms with van der Waals surface area (Å²) in [6.45, 7) is 22.9. The van der Waals surface area contributed by atoms with Crippen LogP contribution in [0.15, 0.2) is 83.6 Å². The van der Waals surface area contributed by atoms with Crippen LogP contribution in [0.4, 0.5) is 11.6 Å². The first kappa shape index (κ1) is 55.4. The average molecular weight is 1050 g/mol. The lowest BCUT2D eigenvalue weighted by Gasteiger charge is -2.35. The standard InChI is InChI=1S/C54H72N12O6S2/c1-35(2)66-37(4)56-29-45(66)43-22-23-55-51(60-43)59-40-18-20-42(21-19-40)74(70,71)33-54(10,11)32-53(8,9)27-41-30-64(63-62-41)25-26-72-31-46(67)61-48(52(5,6)7)50(69)65-24-12-13-44(65)49(68)57-28-38-14-16-39(17-15-38)47-36(3)58-34-73-47/h14-23,29-30,34-35,44,48H,12-13,24-28,31-33H2,1-11H3,(H,57,68)(H,61,67)(H,55,59,60)/t44-,48?/m0/s1. The number of rotatable bonds is 22. The van der Waals surface area contributed by atoms with Crippen LogP contribution in [-0.2, 0) is 48.5 Å². The van der Waals surface area contributed by atoms with Crippen molar-refractivity contribution >= 4 is 50.5 Å². The number of hydrogen-bond acceptors (Lipinski definition) is 14. The number of hydrogen-bond donors (Lipinski definition) is 3. The quantitative estimate of drug-likeness (QED) is 0.0545. The number of aryl methyl sites for hydroxylation is 2. The summed E-state index contributed by atoms with van der Waals surface area (Å²) in [6.07, 6.45) is 7.71. The zero-order chi connectivity index (χ0) is 53.6. The van der Waals surface area contributed by atoms with Gasteiger partial charge >= 0.3 is 0 Å². The Morgan fingerprint density at radius 3 is 2.32 bits per heavy atom. The van der Waals surface area contributed by atoms with E-state index < -0.39 is 38.7 Å². The highest BCUT2D eigenvalue weighted by molar-refractivity contribution is 7.91. The maximum Gasteiger partial charge on any atom is 0.246 e. The Balaban J connectivity index is 0.844. The highest BCUT2D eigenvalue weighted by atomic mass is 32.2. The van der Waals surface area contributed by atoms with Crippen molar-refractivity contribution < 1.29 is 27.5 Å². The summed E-state index contributed by atoms with van der Waals surface area (Å²) >= 11 is 1.59. The lowest BCUT2D eigenvalue weighted by atomic mass is 9.74. The summed E-state index contributed by atoms with van der Waals surface area (Å²) in [5, 5.41) is 17.8. The molecule has 1 fully saturated rings. The first-order valence-electron chi connectivity index (χ1n) is 25.2. The van der Waals surface area contributed by atoms with Crippen LogP contribution in [0.1, 0.15) is 110 Å². The van der Waals surface area contributed by atoms with Gasteiger partial charge in [0.05, 0.1) is 63.2 Å². The van der Waals surface area contributed by atoms with Crippen LogP contribution in [0.5, 0.6) is 0 Å². The summed E-state index contributed by atoms with van der Waals surface area (Å²) in [5.41, 5.74) is 6.32. The van der Waals surface area contributed by atoms with Gasteiger partial charge in [-0.1, -0.05) is 77.9 Å².